The second-order valence-electron chi connectivity index (χ2n) is 11.3. The van der Waals surface area contributed by atoms with Gasteiger partial charge in [-0.2, -0.15) is 0 Å². The van der Waals surface area contributed by atoms with E-state index in [1.54, 1.807) is 4.90 Å². The topological polar surface area (TPSA) is 65.1 Å². The standard InChI is InChI=1S/C25H41NO5Si/c1-24(2,3)30-23(28)26-17-20(22(27)29-7)21(31-32(8,9)25(4,5)6)16-19(26)15-18-13-11-10-12-14-18/h10-14,19-21H,15-17H2,1-9H3/t19-,20+,21-/m1/s1. The zero-order chi connectivity index (χ0) is 24.3. The average molecular weight is 464 g/mol. The summed E-state index contributed by atoms with van der Waals surface area (Å²) >= 11 is 0. The lowest BCUT2D eigenvalue weighted by atomic mass is 9.87. The molecular weight excluding hydrogens is 422 g/mol. The molecular formula is C25H41NO5Si. The monoisotopic (exact) mass is 463 g/mol. The van der Waals surface area contributed by atoms with Crippen LogP contribution in [0.4, 0.5) is 4.79 Å². The maximum Gasteiger partial charge on any atom is 0.410 e. The zero-order valence-corrected chi connectivity index (χ0v) is 22.2. The molecule has 0 unspecified atom stereocenters. The second-order valence-corrected chi connectivity index (χ2v) is 16.0. The molecule has 0 aromatic heterocycles. The van der Waals surface area contributed by atoms with Crippen LogP contribution >= 0.6 is 0 Å². The summed E-state index contributed by atoms with van der Waals surface area (Å²) in [7, 11) is -0.756. The molecule has 1 amide bonds. The Morgan fingerprint density at radius 1 is 1.06 bits per heavy atom. The van der Waals surface area contributed by atoms with Gasteiger partial charge in [0.25, 0.3) is 0 Å². The van der Waals surface area contributed by atoms with Crippen LogP contribution in [0.5, 0.6) is 0 Å². The van der Waals surface area contributed by atoms with Gasteiger partial charge in [-0.05, 0) is 57.3 Å². The molecule has 32 heavy (non-hydrogen) atoms. The van der Waals surface area contributed by atoms with Crippen LogP contribution in [0.15, 0.2) is 30.3 Å². The van der Waals surface area contributed by atoms with Gasteiger partial charge in [-0.3, -0.25) is 4.79 Å². The maximum atomic E-state index is 13.1. The highest BCUT2D eigenvalue weighted by Gasteiger charge is 2.48. The minimum Gasteiger partial charge on any atom is -0.469 e. The number of ether oxygens (including phenoxy) is 2. The van der Waals surface area contributed by atoms with Crippen LogP contribution in [0, 0.1) is 5.92 Å². The molecule has 0 spiro atoms. The maximum absolute atomic E-state index is 13.1. The molecule has 1 heterocycles. The molecule has 1 saturated heterocycles. The third-order valence-electron chi connectivity index (χ3n) is 6.49. The van der Waals surface area contributed by atoms with Gasteiger partial charge in [0.2, 0.25) is 0 Å². The Morgan fingerprint density at radius 3 is 2.16 bits per heavy atom. The lowest BCUT2D eigenvalue weighted by Gasteiger charge is -2.47. The smallest absolute Gasteiger partial charge is 0.410 e. The third kappa shape index (κ3) is 6.82. The van der Waals surface area contributed by atoms with Gasteiger partial charge in [-0.1, -0.05) is 51.1 Å². The number of piperidine rings is 1. The molecule has 2 rings (SSSR count). The number of carbonyl (C=O) groups excluding carboxylic acids is 2. The normalized spacial score (nSPS) is 22.4. The molecule has 1 aromatic rings. The fourth-order valence-electron chi connectivity index (χ4n) is 3.73. The van der Waals surface area contributed by atoms with Crippen LogP contribution in [0.2, 0.25) is 18.1 Å². The molecule has 6 nitrogen and oxygen atoms in total. The van der Waals surface area contributed by atoms with Crippen LogP contribution in [0.3, 0.4) is 0 Å². The van der Waals surface area contributed by atoms with E-state index in [9.17, 15) is 9.59 Å². The van der Waals surface area contributed by atoms with Gasteiger partial charge < -0.3 is 18.8 Å². The Bertz CT molecular complexity index is 782. The second kappa shape index (κ2) is 9.95. The third-order valence-corrected chi connectivity index (χ3v) is 11.0. The summed E-state index contributed by atoms with van der Waals surface area (Å²) in [4.78, 5) is 27.6. The summed E-state index contributed by atoms with van der Waals surface area (Å²) in [6.45, 7) is 16.7. The molecule has 0 N–H and O–H groups in total. The largest absolute Gasteiger partial charge is 0.469 e. The van der Waals surface area contributed by atoms with Crippen LogP contribution in [-0.4, -0.2) is 56.7 Å². The number of methoxy groups -OCH3 is 1. The molecule has 1 fully saturated rings. The molecule has 7 heteroatoms. The summed E-state index contributed by atoms with van der Waals surface area (Å²) in [6.07, 6.45) is 0.514. The van der Waals surface area contributed by atoms with Crippen molar-refractivity contribution in [2.75, 3.05) is 13.7 Å². The molecule has 1 aliphatic heterocycles. The number of rotatable bonds is 5. The van der Waals surface area contributed by atoms with Crippen molar-refractivity contribution in [1.82, 2.24) is 4.90 Å². The summed E-state index contributed by atoms with van der Waals surface area (Å²) in [6, 6.07) is 9.95. The molecule has 0 saturated carbocycles. The van der Waals surface area contributed by atoms with Gasteiger partial charge >= 0.3 is 12.1 Å². The quantitative estimate of drug-likeness (QED) is 0.431. The molecule has 0 bridgehead atoms. The van der Waals surface area contributed by atoms with Crippen molar-refractivity contribution in [3.63, 3.8) is 0 Å². The van der Waals surface area contributed by atoms with Crippen LogP contribution < -0.4 is 0 Å². The first-order valence-electron chi connectivity index (χ1n) is 11.4. The predicted octanol–water partition coefficient (Wildman–Crippen LogP) is 5.42. The van der Waals surface area contributed by atoms with E-state index in [1.807, 2.05) is 39.0 Å². The van der Waals surface area contributed by atoms with E-state index >= 15 is 0 Å². The Balaban J connectivity index is 2.39. The average Bonchev–Trinajstić information content (AvgIpc) is 2.65. The van der Waals surface area contributed by atoms with Gasteiger partial charge in [0.15, 0.2) is 8.32 Å². The lowest BCUT2D eigenvalue weighted by Crippen LogP contribution is -2.59. The zero-order valence-electron chi connectivity index (χ0n) is 21.2. The molecule has 180 valence electrons. The molecule has 1 aromatic carbocycles. The minimum atomic E-state index is -2.14. The minimum absolute atomic E-state index is 0.00486. The summed E-state index contributed by atoms with van der Waals surface area (Å²) < 4.78 is 17.6. The van der Waals surface area contributed by atoms with Crippen molar-refractivity contribution in [2.24, 2.45) is 5.92 Å². The number of carbonyl (C=O) groups is 2. The van der Waals surface area contributed by atoms with E-state index < -0.39 is 25.9 Å². The predicted molar refractivity (Wildman–Crippen MR) is 129 cm³/mol. The highest BCUT2D eigenvalue weighted by Crippen LogP contribution is 2.40. The van der Waals surface area contributed by atoms with Crippen molar-refractivity contribution < 1.29 is 23.5 Å². The Hall–Kier alpha value is -1.86. The van der Waals surface area contributed by atoms with Crippen molar-refractivity contribution in [1.29, 1.82) is 0 Å². The van der Waals surface area contributed by atoms with Crippen LogP contribution in [0.25, 0.3) is 0 Å². The van der Waals surface area contributed by atoms with Gasteiger partial charge in [0, 0.05) is 12.6 Å². The first-order chi connectivity index (χ1) is 14.6. The van der Waals surface area contributed by atoms with E-state index in [1.165, 1.54) is 7.11 Å². The molecule has 1 aliphatic rings. The Labute approximate surface area is 194 Å². The van der Waals surface area contributed by atoms with Crippen LogP contribution in [-0.2, 0) is 25.1 Å². The number of hydrogen-bond donors (Lipinski definition) is 0. The van der Waals surface area contributed by atoms with E-state index in [-0.39, 0.29) is 29.7 Å². The first kappa shape index (κ1) is 26.4. The van der Waals surface area contributed by atoms with E-state index in [2.05, 4.69) is 46.0 Å². The lowest BCUT2D eigenvalue weighted by molar-refractivity contribution is -0.153. The Morgan fingerprint density at radius 2 is 1.66 bits per heavy atom. The van der Waals surface area contributed by atoms with Crippen molar-refractivity contribution in [2.45, 2.75) is 90.3 Å². The summed E-state index contributed by atoms with van der Waals surface area (Å²) in [5.74, 6) is -0.894. The summed E-state index contributed by atoms with van der Waals surface area (Å²) in [5.41, 5.74) is 0.512. The van der Waals surface area contributed by atoms with Gasteiger partial charge in [-0.15, -0.1) is 0 Å². The first-order valence-corrected chi connectivity index (χ1v) is 14.3. The number of nitrogens with zero attached hydrogens (tertiary/aromatic N) is 1. The highest BCUT2D eigenvalue weighted by molar-refractivity contribution is 6.74. The van der Waals surface area contributed by atoms with Crippen LogP contribution in [0.1, 0.15) is 53.5 Å². The van der Waals surface area contributed by atoms with Crippen molar-refractivity contribution in [3.8, 4) is 0 Å². The van der Waals surface area contributed by atoms with E-state index in [0.717, 1.165) is 5.56 Å². The number of hydrogen-bond acceptors (Lipinski definition) is 5. The number of likely N-dealkylation sites (tertiary alicyclic amines) is 1. The number of amides is 1. The highest BCUT2D eigenvalue weighted by atomic mass is 28.4. The van der Waals surface area contributed by atoms with Gasteiger partial charge in [0.1, 0.15) is 5.60 Å². The van der Waals surface area contributed by atoms with E-state index in [4.69, 9.17) is 13.9 Å². The van der Waals surface area contributed by atoms with Crippen molar-refractivity contribution >= 4 is 20.4 Å². The molecule has 0 radical (unpaired) electrons. The van der Waals surface area contributed by atoms with Crippen molar-refractivity contribution in [3.05, 3.63) is 35.9 Å². The van der Waals surface area contributed by atoms with E-state index in [0.29, 0.717) is 12.8 Å². The molecule has 3 atom stereocenters. The fraction of sp³-hybridized carbons (Fsp3) is 0.680. The number of esters is 1. The summed E-state index contributed by atoms with van der Waals surface area (Å²) in [5, 5.41) is 0.00486. The Kier molecular flexibility index (Phi) is 8.21. The SMILES string of the molecule is COC(=O)[C@H]1CN(C(=O)OC(C)(C)C)[C@H](Cc2ccccc2)C[C@H]1O[Si](C)(C)C(C)(C)C. The molecule has 0 aliphatic carbocycles. The van der Waals surface area contributed by atoms with Gasteiger partial charge in [-0.25, -0.2) is 4.79 Å². The number of benzene rings is 1. The van der Waals surface area contributed by atoms with Gasteiger partial charge in [0.05, 0.1) is 19.1 Å². The fourth-order valence-corrected chi connectivity index (χ4v) is 5.10.